The minimum absolute atomic E-state index is 0.00391. The van der Waals surface area contributed by atoms with Crippen molar-refractivity contribution < 1.29 is 19.0 Å². The lowest BCUT2D eigenvalue weighted by Gasteiger charge is -2.31. The molecule has 1 aliphatic heterocycles. The molecular formula is C25H32N2O4. The Bertz CT molecular complexity index is 908. The third kappa shape index (κ3) is 4.96. The first-order chi connectivity index (χ1) is 15.2. The summed E-state index contributed by atoms with van der Waals surface area (Å²) in [6.07, 6.45) is 2.53. The Kier molecular flexibility index (Phi) is 6.97. The Morgan fingerprint density at radius 2 is 1.84 bits per heavy atom. The monoisotopic (exact) mass is 424 g/mol. The van der Waals surface area contributed by atoms with Crippen LogP contribution in [0.1, 0.15) is 43.7 Å². The Hall–Kier alpha value is -2.73. The van der Waals surface area contributed by atoms with Crippen LogP contribution in [0.2, 0.25) is 0 Å². The number of ether oxygens (including phenoxy) is 3. The van der Waals surface area contributed by atoms with Gasteiger partial charge in [0, 0.05) is 31.6 Å². The van der Waals surface area contributed by atoms with E-state index in [1.165, 1.54) is 11.1 Å². The van der Waals surface area contributed by atoms with E-state index in [2.05, 4.69) is 34.5 Å². The number of benzene rings is 2. The molecule has 1 atom stereocenters. The van der Waals surface area contributed by atoms with Crippen molar-refractivity contribution in [2.45, 2.75) is 39.0 Å². The molecule has 1 saturated heterocycles. The Morgan fingerprint density at radius 3 is 2.61 bits per heavy atom. The van der Waals surface area contributed by atoms with Crippen LogP contribution in [0.4, 0.5) is 11.4 Å². The molecule has 2 aromatic rings. The molecule has 1 unspecified atom stereocenters. The number of fused-ring (bicyclic) bond motifs is 1. The van der Waals surface area contributed by atoms with E-state index in [0.29, 0.717) is 44.3 Å². The second-order valence-electron chi connectivity index (χ2n) is 7.97. The van der Waals surface area contributed by atoms with Crippen LogP contribution in [-0.2, 0) is 16.0 Å². The summed E-state index contributed by atoms with van der Waals surface area (Å²) in [5.74, 6) is 1.71. The van der Waals surface area contributed by atoms with E-state index in [4.69, 9.17) is 14.2 Å². The summed E-state index contributed by atoms with van der Waals surface area (Å²) in [6, 6.07) is 12.3. The molecule has 1 aliphatic carbocycles. The van der Waals surface area contributed by atoms with E-state index < -0.39 is 0 Å². The van der Waals surface area contributed by atoms with Crippen molar-refractivity contribution in [2.75, 3.05) is 49.7 Å². The first-order valence-electron chi connectivity index (χ1n) is 11.3. The third-order valence-electron chi connectivity index (χ3n) is 5.98. The molecule has 0 spiro atoms. The smallest absolute Gasteiger partial charge is 0.225 e. The van der Waals surface area contributed by atoms with Crippen molar-refractivity contribution >= 4 is 17.3 Å². The highest BCUT2D eigenvalue weighted by Gasteiger charge is 2.25. The molecule has 0 radical (unpaired) electrons. The van der Waals surface area contributed by atoms with E-state index in [-0.39, 0.29) is 11.8 Å². The lowest BCUT2D eigenvalue weighted by atomic mass is 9.97. The van der Waals surface area contributed by atoms with Gasteiger partial charge in [0.1, 0.15) is 11.5 Å². The van der Waals surface area contributed by atoms with Crippen molar-refractivity contribution in [3.63, 3.8) is 0 Å². The van der Waals surface area contributed by atoms with Crippen LogP contribution in [0.25, 0.3) is 0 Å². The average Bonchev–Trinajstić information content (AvgIpc) is 3.19. The number of nitrogens with one attached hydrogen (secondary N) is 1. The minimum atomic E-state index is 0.00391. The predicted molar refractivity (Wildman–Crippen MR) is 123 cm³/mol. The summed E-state index contributed by atoms with van der Waals surface area (Å²) in [7, 11) is 0. The van der Waals surface area contributed by atoms with Crippen LogP contribution >= 0.6 is 0 Å². The van der Waals surface area contributed by atoms with Crippen LogP contribution in [0.3, 0.4) is 0 Å². The van der Waals surface area contributed by atoms with Gasteiger partial charge in [0.2, 0.25) is 5.91 Å². The highest BCUT2D eigenvalue weighted by atomic mass is 16.5. The van der Waals surface area contributed by atoms with Gasteiger partial charge in [-0.25, -0.2) is 0 Å². The molecule has 31 heavy (non-hydrogen) atoms. The summed E-state index contributed by atoms with van der Waals surface area (Å²) < 4.78 is 17.3. The van der Waals surface area contributed by atoms with E-state index >= 15 is 0 Å². The van der Waals surface area contributed by atoms with Gasteiger partial charge >= 0.3 is 0 Å². The van der Waals surface area contributed by atoms with E-state index in [1.807, 2.05) is 26.0 Å². The molecule has 1 fully saturated rings. The first kappa shape index (κ1) is 21.5. The van der Waals surface area contributed by atoms with Crippen LogP contribution in [0.5, 0.6) is 11.5 Å². The van der Waals surface area contributed by atoms with Crippen LogP contribution < -0.4 is 19.7 Å². The molecule has 0 saturated carbocycles. The summed E-state index contributed by atoms with van der Waals surface area (Å²) >= 11 is 0. The van der Waals surface area contributed by atoms with Crippen molar-refractivity contribution in [1.29, 1.82) is 0 Å². The summed E-state index contributed by atoms with van der Waals surface area (Å²) in [4.78, 5) is 15.2. The lowest BCUT2D eigenvalue weighted by Crippen LogP contribution is -2.36. The molecule has 0 aromatic heterocycles. The molecule has 6 heteroatoms. The normalized spacial score (nSPS) is 17.9. The van der Waals surface area contributed by atoms with Crippen molar-refractivity contribution in [3.8, 4) is 11.5 Å². The molecule has 1 heterocycles. The van der Waals surface area contributed by atoms with Crippen LogP contribution in [0, 0.1) is 0 Å². The topological polar surface area (TPSA) is 60.0 Å². The Labute approximate surface area is 184 Å². The summed E-state index contributed by atoms with van der Waals surface area (Å²) in [5, 5.41) is 3.09. The number of rotatable bonds is 8. The van der Waals surface area contributed by atoms with Gasteiger partial charge < -0.3 is 24.4 Å². The fraction of sp³-hybridized carbons (Fsp3) is 0.480. The van der Waals surface area contributed by atoms with E-state index in [1.54, 1.807) is 0 Å². The number of anilines is 2. The Morgan fingerprint density at radius 1 is 1.10 bits per heavy atom. The second-order valence-corrected chi connectivity index (χ2v) is 7.97. The highest BCUT2D eigenvalue weighted by Crippen LogP contribution is 2.40. The van der Waals surface area contributed by atoms with Gasteiger partial charge in [0.15, 0.2) is 0 Å². The van der Waals surface area contributed by atoms with Gasteiger partial charge in [0.05, 0.1) is 37.8 Å². The van der Waals surface area contributed by atoms with Gasteiger partial charge in [-0.05, 0) is 43.7 Å². The summed E-state index contributed by atoms with van der Waals surface area (Å²) in [6.45, 7) is 7.98. The summed E-state index contributed by atoms with van der Waals surface area (Å²) in [5.41, 5.74) is 4.32. The number of morpholine rings is 1. The maximum absolute atomic E-state index is 13.0. The third-order valence-corrected chi connectivity index (χ3v) is 5.98. The van der Waals surface area contributed by atoms with Crippen LogP contribution in [-0.4, -0.2) is 45.4 Å². The zero-order valence-electron chi connectivity index (χ0n) is 18.5. The lowest BCUT2D eigenvalue weighted by molar-refractivity contribution is -0.116. The maximum atomic E-state index is 13.0. The van der Waals surface area contributed by atoms with Gasteiger partial charge in [-0.15, -0.1) is 0 Å². The highest BCUT2D eigenvalue weighted by molar-refractivity contribution is 5.94. The fourth-order valence-electron chi connectivity index (χ4n) is 4.53. The van der Waals surface area contributed by atoms with E-state index in [9.17, 15) is 4.79 Å². The Balaban J connectivity index is 1.55. The number of hydrogen-bond acceptors (Lipinski definition) is 5. The quantitative estimate of drug-likeness (QED) is 0.682. The number of hydrogen-bond donors (Lipinski definition) is 1. The molecule has 166 valence electrons. The van der Waals surface area contributed by atoms with Gasteiger partial charge in [-0.1, -0.05) is 24.3 Å². The molecular weight excluding hydrogens is 392 g/mol. The number of nitrogens with zero attached hydrogens (tertiary/aromatic N) is 1. The first-order valence-corrected chi connectivity index (χ1v) is 11.3. The molecule has 6 nitrogen and oxygen atoms in total. The number of carbonyl (C=O) groups excluding carboxylic acids is 1. The minimum Gasteiger partial charge on any atom is -0.492 e. The largest absolute Gasteiger partial charge is 0.492 e. The molecule has 4 rings (SSSR count). The zero-order chi connectivity index (χ0) is 21.6. The van der Waals surface area contributed by atoms with Gasteiger partial charge in [-0.3, -0.25) is 4.79 Å². The zero-order valence-corrected chi connectivity index (χ0v) is 18.5. The van der Waals surface area contributed by atoms with Crippen molar-refractivity contribution in [2.24, 2.45) is 0 Å². The van der Waals surface area contributed by atoms with Crippen molar-refractivity contribution in [3.05, 3.63) is 47.5 Å². The predicted octanol–water partition coefficient (Wildman–Crippen LogP) is 4.38. The standard InChI is InChI=1S/C25H32N2O4/c1-3-30-23-17-22(27-11-13-29-14-12-27)24(31-4-2)16-21(23)26-25(28)15-19-10-9-18-7-5-6-8-20(18)19/h5-8,16-17,19H,3-4,9-15H2,1-2H3,(H,26,28). The molecule has 1 N–H and O–H groups in total. The maximum Gasteiger partial charge on any atom is 0.225 e. The number of carbonyl (C=O) groups is 1. The average molecular weight is 425 g/mol. The SMILES string of the molecule is CCOc1cc(N2CCOCC2)c(OCC)cc1NC(=O)CC1CCc2ccccc21. The van der Waals surface area contributed by atoms with Gasteiger partial charge in [-0.2, -0.15) is 0 Å². The molecule has 1 amide bonds. The van der Waals surface area contributed by atoms with E-state index in [0.717, 1.165) is 37.4 Å². The molecule has 2 aromatic carbocycles. The van der Waals surface area contributed by atoms with Crippen LogP contribution in [0.15, 0.2) is 36.4 Å². The second kappa shape index (κ2) is 10.1. The van der Waals surface area contributed by atoms with Gasteiger partial charge in [0.25, 0.3) is 0 Å². The fourth-order valence-corrected chi connectivity index (χ4v) is 4.53. The number of aryl methyl sites for hydroxylation is 1. The number of amides is 1. The molecule has 2 aliphatic rings. The van der Waals surface area contributed by atoms with Crippen molar-refractivity contribution in [1.82, 2.24) is 0 Å². The molecule has 0 bridgehead atoms.